The lowest BCUT2D eigenvalue weighted by atomic mass is 10.2. The van der Waals surface area contributed by atoms with Crippen molar-refractivity contribution in [3.63, 3.8) is 0 Å². The first-order chi connectivity index (χ1) is 8.29. The van der Waals surface area contributed by atoms with E-state index in [9.17, 15) is 4.79 Å². The van der Waals surface area contributed by atoms with E-state index in [1.165, 1.54) is 0 Å². The van der Waals surface area contributed by atoms with E-state index in [0.717, 1.165) is 37.8 Å². The second kappa shape index (κ2) is 5.82. The molecule has 1 aliphatic rings. The highest BCUT2D eigenvalue weighted by Gasteiger charge is 2.24. The van der Waals surface area contributed by atoms with Crippen molar-refractivity contribution in [3.05, 3.63) is 11.8 Å². The Morgan fingerprint density at radius 1 is 1.65 bits per heavy atom. The fourth-order valence-electron chi connectivity index (χ4n) is 1.83. The van der Waals surface area contributed by atoms with Gasteiger partial charge in [0.05, 0.1) is 5.69 Å². The van der Waals surface area contributed by atoms with E-state index in [-0.39, 0.29) is 12.0 Å². The number of amides is 1. The van der Waals surface area contributed by atoms with Gasteiger partial charge < -0.3 is 9.26 Å². The SMILES string of the molecule is CCCCc1cc(NC(=O)C2CCCO2)on1. The molecule has 1 unspecified atom stereocenters. The smallest absolute Gasteiger partial charge is 0.255 e. The summed E-state index contributed by atoms with van der Waals surface area (Å²) in [7, 11) is 0. The Morgan fingerprint density at radius 2 is 2.53 bits per heavy atom. The molecule has 0 saturated carbocycles. The molecule has 0 aromatic carbocycles. The third-order valence-corrected chi connectivity index (χ3v) is 2.81. The van der Waals surface area contributed by atoms with Gasteiger partial charge in [-0.1, -0.05) is 18.5 Å². The van der Waals surface area contributed by atoms with Crippen LogP contribution < -0.4 is 5.32 Å². The zero-order valence-electron chi connectivity index (χ0n) is 10.1. The van der Waals surface area contributed by atoms with Crippen LogP contribution in [-0.2, 0) is 16.0 Å². The van der Waals surface area contributed by atoms with E-state index in [4.69, 9.17) is 9.26 Å². The average Bonchev–Trinajstić information content (AvgIpc) is 2.97. The van der Waals surface area contributed by atoms with Gasteiger partial charge in [0.15, 0.2) is 0 Å². The number of rotatable bonds is 5. The third-order valence-electron chi connectivity index (χ3n) is 2.81. The fourth-order valence-corrected chi connectivity index (χ4v) is 1.83. The standard InChI is InChI=1S/C12H18N2O3/c1-2-3-5-9-8-11(17-14-9)13-12(15)10-6-4-7-16-10/h8,10H,2-7H2,1H3,(H,13,15). The Morgan fingerprint density at radius 3 is 3.24 bits per heavy atom. The quantitative estimate of drug-likeness (QED) is 0.853. The minimum absolute atomic E-state index is 0.138. The molecule has 1 amide bonds. The number of nitrogens with one attached hydrogen (secondary N) is 1. The molecule has 1 atom stereocenters. The maximum Gasteiger partial charge on any atom is 0.255 e. The van der Waals surface area contributed by atoms with Crippen LogP contribution in [0.25, 0.3) is 0 Å². The molecule has 1 saturated heterocycles. The summed E-state index contributed by atoms with van der Waals surface area (Å²) < 4.78 is 10.3. The van der Waals surface area contributed by atoms with E-state index >= 15 is 0 Å². The fraction of sp³-hybridized carbons (Fsp3) is 0.667. The summed E-state index contributed by atoms with van der Waals surface area (Å²) in [6.07, 6.45) is 4.46. The number of unbranched alkanes of at least 4 members (excludes halogenated alkanes) is 1. The normalized spacial score (nSPS) is 19.5. The first-order valence-corrected chi connectivity index (χ1v) is 6.17. The summed E-state index contributed by atoms with van der Waals surface area (Å²) >= 11 is 0. The van der Waals surface area contributed by atoms with Crippen molar-refractivity contribution in [2.45, 2.75) is 45.1 Å². The number of nitrogens with zero attached hydrogens (tertiary/aromatic N) is 1. The highest BCUT2D eigenvalue weighted by Crippen LogP contribution is 2.16. The highest BCUT2D eigenvalue weighted by atomic mass is 16.5. The average molecular weight is 238 g/mol. The molecule has 1 aromatic rings. The van der Waals surface area contributed by atoms with Gasteiger partial charge in [-0.15, -0.1) is 0 Å². The predicted octanol–water partition coefficient (Wildman–Crippen LogP) is 2.13. The molecule has 1 aromatic heterocycles. The summed E-state index contributed by atoms with van der Waals surface area (Å²) in [5, 5.41) is 6.59. The van der Waals surface area contributed by atoms with Crippen molar-refractivity contribution in [2.24, 2.45) is 0 Å². The number of carbonyl (C=O) groups excluding carboxylic acids is 1. The topological polar surface area (TPSA) is 64.4 Å². The molecule has 0 radical (unpaired) electrons. The molecule has 2 rings (SSSR count). The number of ether oxygens (including phenoxy) is 1. The highest BCUT2D eigenvalue weighted by molar-refractivity contribution is 5.93. The lowest BCUT2D eigenvalue weighted by Gasteiger charge is -2.06. The molecule has 5 heteroatoms. The van der Waals surface area contributed by atoms with Crippen LogP contribution in [0.5, 0.6) is 0 Å². The van der Waals surface area contributed by atoms with E-state index < -0.39 is 0 Å². The molecule has 0 bridgehead atoms. The van der Waals surface area contributed by atoms with Gasteiger partial charge in [-0.25, -0.2) is 0 Å². The summed E-state index contributed by atoms with van der Waals surface area (Å²) in [6, 6.07) is 1.78. The van der Waals surface area contributed by atoms with Crippen LogP contribution in [0.2, 0.25) is 0 Å². The largest absolute Gasteiger partial charge is 0.368 e. The van der Waals surface area contributed by atoms with Crippen LogP contribution >= 0.6 is 0 Å². The van der Waals surface area contributed by atoms with Crippen molar-refractivity contribution in [1.82, 2.24) is 5.16 Å². The minimum atomic E-state index is -0.334. The van der Waals surface area contributed by atoms with Gasteiger partial charge in [-0.3, -0.25) is 10.1 Å². The molecule has 5 nitrogen and oxygen atoms in total. The summed E-state index contributed by atoms with van der Waals surface area (Å²) in [6.45, 7) is 2.79. The van der Waals surface area contributed by atoms with Crippen LogP contribution in [0.4, 0.5) is 5.88 Å². The maximum atomic E-state index is 11.7. The lowest BCUT2D eigenvalue weighted by molar-refractivity contribution is -0.124. The van der Waals surface area contributed by atoms with Gasteiger partial charge in [0, 0.05) is 12.7 Å². The summed E-state index contributed by atoms with van der Waals surface area (Å²) in [5.41, 5.74) is 0.884. The molecule has 2 heterocycles. The number of anilines is 1. The van der Waals surface area contributed by atoms with Crippen LogP contribution in [0, 0.1) is 0 Å². The molecular weight excluding hydrogens is 220 g/mol. The van der Waals surface area contributed by atoms with Gasteiger partial charge >= 0.3 is 0 Å². The van der Waals surface area contributed by atoms with Crippen molar-refractivity contribution in [3.8, 4) is 0 Å². The first kappa shape index (κ1) is 12.1. The van der Waals surface area contributed by atoms with E-state index in [2.05, 4.69) is 17.4 Å². The first-order valence-electron chi connectivity index (χ1n) is 6.17. The molecule has 1 fully saturated rings. The molecule has 1 aliphatic heterocycles. The van der Waals surface area contributed by atoms with Crippen LogP contribution in [0.3, 0.4) is 0 Å². The van der Waals surface area contributed by atoms with Crippen LogP contribution in [0.15, 0.2) is 10.6 Å². The number of aryl methyl sites for hydroxylation is 1. The maximum absolute atomic E-state index is 11.7. The van der Waals surface area contributed by atoms with Gasteiger partial charge in [0.2, 0.25) is 5.88 Å². The van der Waals surface area contributed by atoms with Gasteiger partial charge in [0.25, 0.3) is 5.91 Å². The van der Waals surface area contributed by atoms with E-state index in [1.54, 1.807) is 6.07 Å². The lowest BCUT2D eigenvalue weighted by Crippen LogP contribution is -2.26. The minimum Gasteiger partial charge on any atom is -0.368 e. The van der Waals surface area contributed by atoms with Gasteiger partial charge in [-0.05, 0) is 25.7 Å². The molecule has 94 valence electrons. The number of aromatic nitrogens is 1. The Labute approximate surface area is 101 Å². The third kappa shape index (κ3) is 3.30. The number of carbonyl (C=O) groups is 1. The molecule has 0 spiro atoms. The van der Waals surface area contributed by atoms with Gasteiger partial charge in [-0.2, -0.15) is 0 Å². The number of hydrogen-bond acceptors (Lipinski definition) is 4. The molecule has 0 aliphatic carbocycles. The van der Waals surface area contributed by atoms with Crippen molar-refractivity contribution in [1.29, 1.82) is 0 Å². The van der Waals surface area contributed by atoms with E-state index in [0.29, 0.717) is 12.5 Å². The zero-order valence-corrected chi connectivity index (χ0v) is 10.1. The second-order valence-electron chi connectivity index (χ2n) is 4.28. The van der Waals surface area contributed by atoms with Gasteiger partial charge in [0.1, 0.15) is 6.10 Å². The Hall–Kier alpha value is -1.36. The Bertz CT molecular complexity index is 370. The van der Waals surface area contributed by atoms with Crippen LogP contribution in [0.1, 0.15) is 38.3 Å². The number of hydrogen-bond donors (Lipinski definition) is 1. The monoisotopic (exact) mass is 238 g/mol. The predicted molar refractivity (Wildman–Crippen MR) is 62.7 cm³/mol. The van der Waals surface area contributed by atoms with Crippen molar-refractivity contribution in [2.75, 3.05) is 11.9 Å². The van der Waals surface area contributed by atoms with E-state index in [1.807, 2.05) is 0 Å². The summed E-state index contributed by atoms with van der Waals surface area (Å²) in [5.74, 6) is 0.275. The van der Waals surface area contributed by atoms with Crippen LogP contribution in [-0.4, -0.2) is 23.8 Å². The second-order valence-corrected chi connectivity index (χ2v) is 4.28. The zero-order chi connectivity index (χ0) is 12.1. The Kier molecular flexibility index (Phi) is 4.14. The molecular formula is C12H18N2O3. The Balaban J connectivity index is 1.85. The summed E-state index contributed by atoms with van der Waals surface area (Å²) in [4.78, 5) is 11.7. The molecule has 17 heavy (non-hydrogen) atoms. The van der Waals surface area contributed by atoms with Crippen molar-refractivity contribution < 1.29 is 14.1 Å². The van der Waals surface area contributed by atoms with Crippen molar-refractivity contribution >= 4 is 11.8 Å². The molecule has 1 N–H and O–H groups in total.